The van der Waals surface area contributed by atoms with Crippen LogP contribution in [0.4, 0.5) is 0 Å². The van der Waals surface area contributed by atoms with Crippen LogP contribution in [-0.2, 0) is 13.1 Å². The van der Waals surface area contributed by atoms with Gasteiger partial charge in [-0.3, -0.25) is 14.2 Å². The predicted molar refractivity (Wildman–Crippen MR) is 115 cm³/mol. The van der Waals surface area contributed by atoms with E-state index >= 15 is 0 Å². The summed E-state index contributed by atoms with van der Waals surface area (Å²) in [6, 6.07) is 6.83. The van der Waals surface area contributed by atoms with Gasteiger partial charge in [-0.2, -0.15) is 4.80 Å². The van der Waals surface area contributed by atoms with Crippen LogP contribution in [-0.4, -0.2) is 47.8 Å². The monoisotopic (exact) mass is 459 g/mol. The maximum Gasteiger partial charge on any atom is 0.262 e. The van der Waals surface area contributed by atoms with Crippen molar-refractivity contribution in [2.75, 3.05) is 7.05 Å². The zero-order valence-electron chi connectivity index (χ0n) is 16.6. The Morgan fingerprint density at radius 1 is 1.32 bits per heavy atom. The molecule has 0 bridgehead atoms. The Morgan fingerprint density at radius 2 is 2.06 bits per heavy atom. The second-order valence-electron chi connectivity index (χ2n) is 6.82. The van der Waals surface area contributed by atoms with Crippen molar-refractivity contribution >= 4 is 39.1 Å². The Balaban J connectivity index is 1.55. The molecule has 10 nitrogen and oxygen atoms in total. The lowest BCUT2D eigenvalue weighted by atomic mass is 10.1. The number of carbonyl (C=O) groups excluding carboxylic acids is 1. The Hall–Kier alpha value is -3.15. The molecule has 0 aliphatic carbocycles. The van der Waals surface area contributed by atoms with Crippen molar-refractivity contribution in [1.82, 2.24) is 35.1 Å². The molecule has 0 fully saturated rings. The highest BCUT2D eigenvalue weighted by molar-refractivity contribution is 7.20. The summed E-state index contributed by atoms with van der Waals surface area (Å²) in [5, 5.41) is 26.0. The van der Waals surface area contributed by atoms with Gasteiger partial charge in [-0.25, -0.2) is 4.98 Å². The van der Waals surface area contributed by atoms with Gasteiger partial charge in [-0.1, -0.05) is 23.7 Å². The standard InChI is InChI=1S/C19H18ClN7O3S/c1-10-15-18(31-16(10)17(29)21-2)22-9-26(19(15)30)8-14-23-25-27(24-14)7-13(28)11-3-5-12(20)6-4-11/h3-6,9,13,28H,7-8H2,1-2H3,(H,21,29)/t13-/m0/s1. The van der Waals surface area contributed by atoms with Gasteiger partial charge >= 0.3 is 0 Å². The fraction of sp³-hybridized carbons (Fsp3) is 0.263. The van der Waals surface area contributed by atoms with Crippen molar-refractivity contribution in [2.45, 2.75) is 26.1 Å². The van der Waals surface area contributed by atoms with Crippen LogP contribution in [0.1, 0.15) is 32.7 Å². The number of aryl methyl sites for hydroxylation is 1. The first-order chi connectivity index (χ1) is 14.9. The number of thiophene rings is 1. The fourth-order valence-electron chi connectivity index (χ4n) is 3.12. The molecule has 3 heterocycles. The third-order valence-corrected chi connectivity index (χ3v) is 6.20. The van der Waals surface area contributed by atoms with Gasteiger partial charge in [0.2, 0.25) is 0 Å². The van der Waals surface area contributed by atoms with Crippen molar-refractivity contribution in [3.63, 3.8) is 0 Å². The summed E-state index contributed by atoms with van der Waals surface area (Å²) in [5.41, 5.74) is 0.981. The number of aliphatic hydroxyl groups excluding tert-OH is 1. The first-order valence-electron chi connectivity index (χ1n) is 9.28. The van der Waals surface area contributed by atoms with Gasteiger partial charge in [0.05, 0.1) is 29.7 Å². The minimum Gasteiger partial charge on any atom is -0.386 e. The average Bonchev–Trinajstić information content (AvgIpc) is 3.34. The summed E-state index contributed by atoms with van der Waals surface area (Å²) in [5.74, 6) is 0.0428. The normalized spacial score (nSPS) is 12.3. The van der Waals surface area contributed by atoms with Crippen LogP contribution in [0.3, 0.4) is 0 Å². The number of aliphatic hydroxyl groups is 1. The van der Waals surface area contributed by atoms with Gasteiger partial charge in [-0.15, -0.1) is 21.5 Å². The molecule has 0 unspecified atom stereocenters. The van der Waals surface area contributed by atoms with Crippen LogP contribution in [0.15, 0.2) is 35.4 Å². The van der Waals surface area contributed by atoms with Gasteiger partial charge in [0, 0.05) is 12.1 Å². The molecule has 2 N–H and O–H groups in total. The highest BCUT2D eigenvalue weighted by Gasteiger charge is 2.19. The number of rotatable bonds is 6. The zero-order chi connectivity index (χ0) is 22.1. The Labute approximate surface area is 185 Å². The third-order valence-electron chi connectivity index (χ3n) is 4.75. The van der Waals surface area contributed by atoms with Crippen molar-refractivity contribution in [2.24, 2.45) is 0 Å². The molecule has 12 heteroatoms. The van der Waals surface area contributed by atoms with E-state index in [9.17, 15) is 14.7 Å². The van der Waals surface area contributed by atoms with Crippen LogP contribution in [0.5, 0.6) is 0 Å². The number of halogens is 1. The van der Waals surface area contributed by atoms with E-state index in [0.717, 1.165) is 0 Å². The minimum absolute atomic E-state index is 0.0589. The molecule has 1 amide bonds. The largest absolute Gasteiger partial charge is 0.386 e. The van der Waals surface area contributed by atoms with Crippen molar-refractivity contribution in [3.8, 4) is 0 Å². The predicted octanol–water partition coefficient (Wildman–Crippen LogP) is 1.55. The second kappa shape index (κ2) is 8.53. The van der Waals surface area contributed by atoms with Crippen molar-refractivity contribution < 1.29 is 9.90 Å². The average molecular weight is 460 g/mol. The maximum atomic E-state index is 12.9. The highest BCUT2D eigenvalue weighted by atomic mass is 35.5. The van der Waals surface area contributed by atoms with E-state index in [1.807, 2.05) is 0 Å². The lowest BCUT2D eigenvalue weighted by molar-refractivity contribution is 0.0966. The second-order valence-corrected chi connectivity index (χ2v) is 8.26. The molecule has 4 aromatic rings. The van der Waals surface area contributed by atoms with E-state index < -0.39 is 6.10 Å². The lowest BCUT2D eigenvalue weighted by Gasteiger charge is -2.09. The van der Waals surface area contributed by atoms with E-state index in [4.69, 9.17) is 11.6 Å². The van der Waals surface area contributed by atoms with Crippen LogP contribution in [0.25, 0.3) is 10.2 Å². The topological polar surface area (TPSA) is 128 Å². The summed E-state index contributed by atoms with van der Waals surface area (Å²) >= 11 is 7.04. The quantitative estimate of drug-likeness (QED) is 0.447. The van der Waals surface area contributed by atoms with Crippen LogP contribution in [0.2, 0.25) is 5.02 Å². The summed E-state index contributed by atoms with van der Waals surface area (Å²) in [6.45, 7) is 1.88. The van der Waals surface area contributed by atoms with E-state index in [-0.39, 0.29) is 24.6 Å². The van der Waals surface area contributed by atoms with Crippen molar-refractivity contribution in [3.05, 3.63) is 67.8 Å². The molecule has 0 saturated carbocycles. The van der Waals surface area contributed by atoms with Crippen LogP contribution < -0.4 is 10.9 Å². The van der Waals surface area contributed by atoms with Gasteiger partial charge < -0.3 is 10.4 Å². The van der Waals surface area contributed by atoms with E-state index in [0.29, 0.717) is 37.1 Å². The molecule has 0 radical (unpaired) electrons. The van der Waals surface area contributed by atoms with E-state index in [1.54, 1.807) is 31.2 Å². The molecular weight excluding hydrogens is 442 g/mol. The number of amides is 1. The van der Waals surface area contributed by atoms with E-state index in [2.05, 4.69) is 25.7 Å². The molecule has 1 aromatic carbocycles. The molecule has 0 saturated heterocycles. The van der Waals surface area contributed by atoms with Crippen molar-refractivity contribution in [1.29, 1.82) is 0 Å². The van der Waals surface area contributed by atoms with E-state index in [1.165, 1.54) is 34.1 Å². The molecule has 0 aliphatic heterocycles. The fourth-order valence-corrected chi connectivity index (χ4v) is 4.33. The first kappa shape index (κ1) is 21.1. The molecule has 3 aromatic heterocycles. The van der Waals surface area contributed by atoms with Gasteiger partial charge in [0.25, 0.3) is 11.5 Å². The Morgan fingerprint density at radius 3 is 2.77 bits per heavy atom. The molecule has 1 atom stereocenters. The van der Waals surface area contributed by atoms with Gasteiger partial charge in [0.1, 0.15) is 10.9 Å². The SMILES string of the molecule is CNC(=O)c1sc2ncn(Cc3nnn(C[C@H](O)c4ccc(Cl)cc4)n3)c(=O)c2c1C. The molecule has 160 valence electrons. The number of carbonyl (C=O) groups is 1. The van der Waals surface area contributed by atoms with Gasteiger partial charge in [-0.05, 0) is 35.4 Å². The van der Waals surface area contributed by atoms with Crippen LogP contribution in [0, 0.1) is 6.92 Å². The highest BCUT2D eigenvalue weighted by Crippen LogP contribution is 2.26. The number of aromatic nitrogens is 6. The third kappa shape index (κ3) is 4.20. The maximum absolute atomic E-state index is 12.9. The summed E-state index contributed by atoms with van der Waals surface area (Å²) in [6.07, 6.45) is 0.564. The minimum atomic E-state index is -0.836. The molecular formula is C19H18ClN7O3S. The molecule has 31 heavy (non-hydrogen) atoms. The number of fused-ring (bicyclic) bond motifs is 1. The number of tetrazole rings is 1. The number of hydrogen-bond donors (Lipinski definition) is 2. The lowest BCUT2D eigenvalue weighted by Crippen LogP contribution is -2.22. The van der Waals surface area contributed by atoms with Crippen LogP contribution >= 0.6 is 22.9 Å². The molecule has 0 aliphatic rings. The molecule has 4 rings (SSSR count). The number of nitrogens with one attached hydrogen (secondary N) is 1. The zero-order valence-corrected chi connectivity index (χ0v) is 18.2. The number of hydrogen-bond acceptors (Lipinski definition) is 8. The van der Waals surface area contributed by atoms with Gasteiger partial charge in [0.15, 0.2) is 5.82 Å². The summed E-state index contributed by atoms with van der Waals surface area (Å²) < 4.78 is 1.37. The summed E-state index contributed by atoms with van der Waals surface area (Å²) in [7, 11) is 1.54. The molecule has 0 spiro atoms. The number of benzene rings is 1. The first-order valence-corrected chi connectivity index (χ1v) is 10.5. The Bertz CT molecular complexity index is 1310. The number of nitrogens with zero attached hydrogens (tertiary/aromatic N) is 6. The Kier molecular flexibility index (Phi) is 5.81. The smallest absolute Gasteiger partial charge is 0.262 e. The summed E-state index contributed by atoms with van der Waals surface area (Å²) in [4.78, 5) is 31.5.